The zero-order valence-corrected chi connectivity index (χ0v) is 18.1. The van der Waals surface area contributed by atoms with Crippen molar-refractivity contribution in [2.75, 3.05) is 0 Å². The molecule has 1 aromatic rings. The van der Waals surface area contributed by atoms with Gasteiger partial charge in [-0.25, -0.2) is 4.79 Å². The van der Waals surface area contributed by atoms with Crippen molar-refractivity contribution in [2.45, 2.75) is 71.3 Å². The molecule has 3 unspecified atom stereocenters. The van der Waals surface area contributed by atoms with Gasteiger partial charge < -0.3 is 9.94 Å². The van der Waals surface area contributed by atoms with E-state index < -0.39 is 0 Å². The van der Waals surface area contributed by atoms with Crippen molar-refractivity contribution >= 4 is 11.7 Å². The Morgan fingerprint density at radius 3 is 2.57 bits per heavy atom. The van der Waals surface area contributed by atoms with E-state index in [9.17, 15) is 10.0 Å². The van der Waals surface area contributed by atoms with Crippen LogP contribution in [0.25, 0.3) is 0 Å². The number of nitrogens with zero attached hydrogens (tertiary/aromatic N) is 1. The van der Waals surface area contributed by atoms with E-state index in [4.69, 9.17) is 4.74 Å². The van der Waals surface area contributed by atoms with Gasteiger partial charge in [0.2, 0.25) is 0 Å². The molecule has 0 saturated heterocycles. The molecule has 160 valence electrons. The molecule has 4 aliphatic rings. The highest BCUT2D eigenvalue weighted by molar-refractivity contribution is 5.92. The van der Waals surface area contributed by atoms with Gasteiger partial charge >= 0.3 is 5.97 Å². The molecule has 3 fully saturated rings. The number of rotatable bonds is 2. The lowest BCUT2D eigenvalue weighted by Crippen LogP contribution is -2.50. The number of esters is 1. The van der Waals surface area contributed by atoms with Crippen LogP contribution in [0.1, 0.15) is 75.6 Å². The number of ether oxygens (including phenoxy) is 1. The van der Waals surface area contributed by atoms with Crippen LogP contribution in [0.3, 0.4) is 0 Å². The summed E-state index contributed by atoms with van der Waals surface area (Å²) in [6.45, 7) is 4.79. The smallest absolute Gasteiger partial charge is 0.338 e. The summed E-state index contributed by atoms with van der Waals surface area (Å²) in [5.41, 5.74) is 3.48. The standard InChI is InChI=1S/C26H33NO3/c1-25-14-12-19(30-24(28)17-6-4-3-5-7-17)16-18(25)8-9-20-21-10-11-23(27-29)26(21,2)15-13-22(20)25/h3-8,19-22,29H,9-16H2,1-2H3/b27-23+/t19-,20?,21?,22?,25-,26-/m0/s1. The van der Waals surface area contributed by atoms with Crippen LogP contribution in [0.5, 0.6) is 0 Å². The largest absolute Gasteiger partial charge is 0.458 e. The Morgan fingerprint density at radius 2 is 1.80 bits per heavy atom. The van der Waals surface area contributed by atoms with E-state index in [2.05, 4.69) is 25.1 Å². The molecule has 0 heterocycles. The molecule has 1 N–H and O–H groups in total. The van der Waals surface area contributed by atoms with E-state index in [1.165, 1.54) is 12.0 Å². The minimum atomic E-state index is -0.200. The van der Waals surface area contributed by atoms with E-state index in [1.54, 1.807) is 0 Å². The van der Waals surface area contributed by atoms with E-state index in [0.29, 0.717) is 23.3 Å². The lowest BCUT2D eigenvalue weighted by atomic mass is 9.48. The van der Waals surface area contributed by atoms with Crippen molar-refractivity contribution in [2.24, 2.45) is 33.7 Å². The van der Waals surface area contributed by atoms with Gasteiger partial charge in [-0.2, -0.15) is 0 Å². The van der Waals surface area contributed by atoms with Crippen LogP contribution in [-0.2, 0) is 4.74 Å². The minimum Gasteiger partial charge on any atom is -0.458 e. The van der Waals surface area contributed by atoms with Crippen molar-refractivity contribution in [1.29, 1.82) is 0 Å². The fourth-order valence-electron chi connectivity index (χ4n) is 7.47. The van der Waals surface area contributed by atoms with Gasteiger partial charge in [-0.3, -0.25) is 0 Å². The zero-order chi connectivity index (χ0) is 20.9. The maximum Gasteiger partial charge on any atom is 0.338 e. The third kappa shape index (κ3) is 2.94. The fourth-order valence-corrected chi connectivity index (χ4v) is 7.47. The van der Waals surface area contributed by atoms with Crippen LogP contribution in [0.2, 0.25) is 0 Å². The average Bonchev–Trinajstić information content (AvgIpc) is 3.11. The highest BCUT2D eigenvalue weighted by atomic mass is 16.5. The zero-order valence-electron chi connectivity index (χ0n) is 18.1. The second kappa shape index (κ2) is 7.25. The predicted octanol–water partition coefficient (Wildman–Crippen LogP) is 6.01. The SMILES string of the molecule is C[C@]12CC[C@H](OC(=O)c3ccccc3)CC1=CCC1C2CC[C@]2(C)/C(=N/O)CCC12. The van der Waals surface area contributed by atoms with Crippen LogP contribution in [-0.4, -0.2) is 23.0 Å². The number of hydrogen-bond acceptors (Lipinski definition) is 4. The van der Waals surface area contributed by atoms with Crippen molar-refractivity contribution in [1.82, 2.24) is 0 Å². The summed E-state index contributed by atoms with van der Waals surface area (Å²) in [6.07, 6.45) is 11.0. The first-order chi connectivity index (χ1) is 14.5. The number of hydrogen-bond donors (Lipinski definition) is 1. The van der Waals surface area contributed by atoms with Crippen LogP contribution < -0.4 is 0 Å². The first-order valence-electron chi connectivity index (χ1n) is 11.6. The Balaban J connectivity index is 1.33. The molecule has 1 aromatic carbocycles. The summed E-state index contributed by atoms with van der Waals surface area (Å²) in [5.74, 6) is 1.80. The molecular weight excluding hydrogens is 374 g/mol. The Bertz CT molecular complexity index is 891. The first kappa shape index (κ1) is 19.8. The molecule has 5 rings (SSSR count). The van der Waals surface area contributed by atoms with E-state index in [1.807, 2.05) is 30.3 Å². The summed E-state index contributed by atoms with van der Waals surface area (Å²) in [4.78, 5) is 12.5. The van der Waals surface area contributed by atoms with E-state index in [0.717, 1.165) is 50.7 Å². The quantitative estimate of drug-likeness (QED) is 0.283. The van der Waals surface area contributed by atoms with Gasteiger partial charge in [-0.1, -0.05) is 48.9 Å². The Hall–Kier alpha value is -2.10. The maximum absolute atomic E-state index is 12.5. The number of oxime groups is 1. The highest BCUT2D eigenvalue weighted by Gasteiger charge is 2.58. The number of benzene rings is 1. The molecule has 4 heteroatoms. The average molecular weight is 408 g/mol. The molecule has 0 aliphatic heterocycles. The second-order valence-electron chi connectivity index (χ2n) is 10.4. The third-order valence-electron chi connectivity index (χ3n) is 9.20. The van der Waals surface area contributed by atoms with Crippen LogP contribution >= 0.6 is 0 Å². The van der Waals surface area contributed by atoms with Crippen LogP contribution in [0.4, 0.5) is 0 Å². The topological polar surface area (TPSA) is 58.9 Å². The molecule has 0 aromatic heterocycles. The van der Waals surface area contributed by atoms with Gasteiger partial charge in [0.1, 0.15) is 6.10 Å². The van der Waals surface area contributed by atoms with Gasteiger partial charge in [0.15, 0.2) is 0 Å². The molecule has 3 saturated carbocycles. The van der Waals surface area contributed by atoms with E-state index >= 15 is 0 Å². The van der Waals surface area contributed by atoms with Crippen molar-refractivity contribution < 1.29 is 14.7 Å². The van der Waals surface area contributed by atoms with E-state index in [-0.39, 0.29) is 22.9 Å². The molecular formula is C26H33NO3. The van der Waals surface area contributed by atoms with Crippen molar-refractivity contribution in [3.63, 3.8) is 0 Å². The summed E-state index contributed by atoms with van der Waals surface area (Å²) < 4.78 is 5.90. The number of carbonyl (C=O) groups excluding carboxylic acids is 1. The monoisotopic (exact) mass is 407 g/mol. The summed E-state index contributed by atoms with van der Waals surface area (Å²) in [7, 11) is 0. The highest BCUT2D eigenvalue weighted by Crippen LogP contribution is 2.64. The van der Waals surface area contributed by atoms with Crippen LogP contribution in [0, 0.1) is 28.6 Å². The summed E-state index contributed by atoms with van der Waals surface area (Å²) >= 11 is 0. The van der Waals surface area contributed by atoms with Gasteiger partial charge in [0, 0.05) is 11.8 Å². The Morgan fingerprint density at radius 1 is 1.07 bits per heavy atom. The van der Waals surface area contributed by atoms with Gasteiger partial charge in [-0.15, -0.1) is 0 Å². The molecule has 30 heavy (non-hydrogen) atoms. The molecule has 0 radical (unpaired) electrons. The lowest BCUT2D eigenvalue weighted by molar-refractivity contribution is -0.0287. The Kier molecular flexibility index (Phi) is 4.79. The van der Waals surface area contributed by atoms with Gasteiger partial charge in [-0.05, 0) is 80.2 Å². The summed E-state index contributed by atoms with van der Waals surface area (Å²) in [6, 6.07) is 9.33. The first-order valence-corrected chi connectivity index (χ1v) is 11.6. The second-order valence-corrected chi connectivity index (χ2v) is 10.4. The molecule has 4 aliphatic carbocycles. The van der Waals surface area contributed by atoms with Gasteiger partial charge in [0.25, 0.3) is 0 Å². The fraction of sp³-hybridized carbons (Fsp3) is 0.615. The molecule has 4 nitrogen and oxygen atoms in total. The predicted molar refractivity (Wildman–Crippen MR) is 117 cm³/mol. The molecule has 6 atom stereocenters. The third-order valence-corrected chi connectivity index (χ3v) is 9.20. The van der Waals surface area contributed by atoms with Gasteiger partial charge in [0.05, 0.1) is 11.3 Å². The Labute approximate surface area is 179 Å². The number of allylic oxidation sites excluding steroid dienone is 1. The minimum absolute atomic E-state index is 0.0120. The number of carbonyl (C=O) groups is 1. The summed E-state index contributed by atoms with van der Waals surface area (Å²) in [5, 5.41) is 13.2. The molecule has 0 spiro atoms. The lowest BCUT2D eigenvalue weighted by Gasteiger charge is -2.57. The molecule has 0 bridgehead atoms. The van der Waals surface area contributed by atoms with Crippen molar-refractivity contribution in [3.8, 4) is 0 Å². The number of fused-ring (bicyclic) bond motifs is 5. The van der Waals surface area contributed by atoms with Crippen LogP contribution in [0.15, 0.2) is 47.1 Å². The maximum atomic E-state index is 12.5. The molecule has 0 amide bonds. The normalized spacial score (nSPS) is 41.4. The van der Waals surface area contributed by atoms with Crippen molar-refractivity contribution in [3.05, 3.63) is 47.5 Å².